The largest absolute Gasteiger partial charge is 0.497 e. The molecule has 1 aromatic heterocycles. The highest BCUT2D eigenvalue weighted by molar-refractivity contribution is 5.83. The van der Waals surface area contributed by atoms with Crippen molar-refractivity contribution in [2.45, 2.75) is 0 Å². The van der Waals surface area contributed by atoms with E-state index in [4.69, 9.17) is 14.0 Å². The van der Waals surface area contributed by atoms with E-state index in [1.807, 2.05) is 6.08 Å². The minimum Gasteiger partial charge on any atom is -0.497 e. The van der Waals surface area contributed by atoms with E-state index in [9.17, 15) is 14.5 Å². The smallest absolute Gasteiger partial charge is 0.270 e. The standard InChI is InChI=1S/C18H12FN3O5/c1-25-13-3-5-16-10(7-13)6-11(9-26-16)17-20-18(27-21-17)14-8-12(22(23)24)2-4-15(14)19/h2-8H,9H2,1H3. The van der Waals surface area contributed by atoms with E-state index in [1.54, 1.807) is 25.3 Å². The minimum absolute atomic E-state index is 0.137. The topological polar surface area (TPSA) is 101 Å². The molecule has 0 saturated carbocycles. The normalized spacial score (nSPS) is 12.7. The third kappa shape index (κ3) is 3.10. The zero-order chi connectivity index (χ0) is 19.0. The number of ether oxygens (including phenoxy) is 2. The first-order valence-corrected chi connectivity index (χ1v) is 7.85. The van der Waals surface area contributed by atoms with Crippen LogP contribution in [0.4, 0.5) is 10.1 Å². The van der Waals surface area contributed by atoms with Crippen LogP contribution in [0, 0.1) is 15.9 Å². The number of fused-ring (bicyclic) bond motifs is 1. The summed E-state index contributed by atoms with van der Waals surface area (Å²) < 4.78 is 30.0. The molecule has 136 valence electrons. The highest BCUT2D eigenvalue weighted by Crippen LogP contribution is 2.33. The summed E-state index contributed by atoms with van der Waals surface area (Å²) in [5.74, 6) is 0.725. The number of benzene rings is 2. The highest BCUT2D eigenvalue weighted by Gasteiger charge is 2.21. The van der Waals surface area contributed by atoms with Crippen LogP contribution < -0.4 is 9.47 Å². The molecule has 8 nitrogen and oxygen atoms in total. The Morgan fingerprint density at radius 2 is 2.11 bits per heavy atom. The van der Waals surface area contributed by atoms with Crippen molar-refractivity contribution in [3.63, 3.8) is 0 Å². The van der Waals surface area contributed by atoms with E-state index in [1.165, 1.54) is 0 Å². The molecule has 0 aliphatic carbocycles. The van der Waals surface area contributed by atoms with Crippen LogP contribution in [0.2, 0.25) is 0 Å². The molecule has 0 atom stereocenters. The van der Waals surface area contributed by atoms with E-state index in [0.717, 1.165) is 23.8 Å². The summed E-state index contributed by atoms with van der Waals surface area (Å²) in [6.45, 7) is 0.204. The number of nitro groups is 1. The first kappa shape index (κ1) is 16.7. The molecule has 0 N–H and O–H groups in total. The van der Waals surface area contributed by atoms with Crippen molar-refractivity contribution in [1.82, 2.24) is 10.1 Å². The predicted molar refractivity (Wildman–Crippen MR) is 92.7 cm³/mol. The Hall–Kier alpha value is -3.75. The Bertz CT molecular complexity index is 1080. The van der Waals surface area contributed by atoms with Gasteiger partial charge in [0.25, 0.3) is 11.6 Å². The fourth-order valence-corrected chi connectivity index (χ4v) is 2.67. The lowest BCUT2D eigenvalue weighted by molar-refractivity contribution is -0.384. The number of aromatic nitrogens is 2. The maximum absolute atomic E-state index is 14.0. The van der Waals surface area contributed by atoms with Gasteiger partial charge in [-0.2, -0.15) is 4.98 Å². The summed E-state index contributed by atoms with van der Waals surface area (Å²) in [6, 6.07) is 8.49. The van der Waals surface area contributed by atoms with Crippen molar-refractivity contribution in [2.75, 3.05) is 13.7 Å². The first-order valence-electron chi connectivity index (χ1n) is 7.85. The Kier molecular flexibility index (Phi) is 4.03. The summed E-state index contributed by atoms with van der Waals surface area (Å²) in [5, 5.41) is 14.7. The molecule has 4 rings (SSSR count). The van der Waals surface area contributed by atoms with Gasteiger partial charge >= 0.3 is 0 Å². The second-order valence-electron chi connectivity index (χ2n) is 5.71. The number of methoxy groups -OCH3 is 1. The summed E-state index contributed by atoms with van der Waals surface area (Å²) >= 11 is 0. The van der Waals surface area contributed by atoms with Crippen LogP contribution in [-0.4, -0.2) is 28.8 Å². The van der Waals surface area contributed by atoms with Gasteiger partial charge in [-0.05, 0) is 30.3 Å². The molecule has 0 fully saturated rings. The SMILES string of the molecule is COc1ccc2c(c1)C=C(c1noc(-c3cc([N+](=O)[O-])ccc3F)n1)CO2. The van der Waals surface area contributed by atoms with Gasteiger partial charge in [0, 0.05) is 23.3 Å². The summed E-state index contributed by atoms with van der Waals surface area (Å²) in [4.78, 5) is 14.4. The molecule has 27 heavy (non-hydrogen) atoms. The molecule has 3 aromatic rings. The van der Waals surface area contributed by atoms with Gasteiger partial charge in [0.2, 0.25) is 5.82 Å². The van der Waals surface area contributed by atoms with Crippen molar-refractivity contribution >= 4 is 17.3 Å². The maximum Gasteiger partial charge on any atom is 0.270 e. The Balaban J connectivity index is 1.70. The molecule has 0 bridgehead atoms. The highest BCUT2D eigenvalue weighted by atomic mass is 19.1. The molecule has 2 heterocycles. The maximum atomic E-state index is 14.0. The molecular formula is C18H12FN3O5. The number of rotatable bonds is 4. The van der Waals surface area contributed by atoms with E-state index in [-0.39, 0.29) is 29.6 Å². The molecule has 9 heteroatoms. The summed E-state index contributed by atoms with van der Waals surface area (Å²) in [6.07, 6.45) is 1.82. The monoisotopic (exact) mass is 369 g/mol. The molecule has 2 aromatic carbocycles. The van der Waals surface area contributed by atoms with E-state index < -0.39 is 10.7 Å². The summed E-state index contributed by atoms with van der Waals surface area (Å²) in [5.41, 5.74) is 0.995. The molecule has 0 spiro atoms. The first-order chi connectivity index (χ1) is 13.0. The van der Waals surface area contributed by atoms with Gasteiger partial charge in [-0.1, -0.05) is 5.16 Å². The van der Waals surface area contributed by atoms with Gasteiger partial charge in [-0.15, -0.1) is 0 Å². The Labute approximate surface area is 152 Å². The van der Waals surface area contributed by atoms with Crippen LogP contribution in [0.5, 0.6) is 11.5 Å². The number of halogens is 1. The van der Waals surface area contributed by atoms with Crippen LogP contribution in [0.3, 0.4) is 0 Å². The van der Waals surface area contributed by atoms with Crippen molar-refractivity contribution in [1.29, 1.82) is 0 Å². The Morgan fingerprint density at radius 1 is 1.26 bits per heavy atom. The fourth-order valence-electron chi connectivity index (χ4n) is 2.67. The van der Waals surface area contributed by atoms with Gasteiger partial charge in [0.1, 0.15) is 23.9 Å². The fraction of sp³-hybridized carbons (Fsp3) is 0.111. The van der Waals surface area contributed by atoms with E-state index >= 15 is 0 Å². The zero-order valence-corrected chi connectivity index (χ0v) is 14.0. The van der Waals surface area contributed by atoms with Gasteiger partial charge < -0.3 is 14.0 Å². The van der Waals surface area contributed by atoms with E-state index in [0.29, 0.717) is 17.1 Å². The van der Waals surface area contributed by atoms with Crippen LogP contribution in [0.1, 0.15) is 11.4 Å². The third-order valence-electron chi connectivity index (χ3n) is 4.03. The number of non-ortho nitro benzene ring substituents is 1. The van der Waals surface area contributed by atoms with E-state index in [2.05, 4.69) is 10.1 Å². The molecule has 0 unspecified atom stereocenters. The molecule has 0 saturated heterocycles. The molecule has 0 amide bonds. The van der Waals surface area contributed by atoms with Crippen molar-refractivity contribution in [3.05, 3.63) is 63.7 Å². The van der Waals surface area contributed by atoms with Gasteiger partial charge in [-0.3, -0.25) is 10.1 Å². The number of nitrogens with zero attached hydrogens (tertiary/aromatic N) is 3. The van der Waals surface area contributed by atoms with Crippen LogP contribution >= 0.6 is 0 Å². The Morgan fingerprint density at radius 3 is 2.89 bits per heavy atom. The van der Waals surface area contributed by atoms with Crippen LogP contribution in [0.25, 0.3) is 23.1 Å². The second-order valence-corrected chi connectivity index (χ2v) is 5.71. The molecule has 0 radical (unpaired) electrons. The van der Waals surface area contributed by atoms with Gasteiger partial charge in [0.05, 0.1) is 17.6 Å². The molecular weight excluding hydrogens is 357 g/mol. The van der Waals surface area contributed by atoms with Crippen molar-refractivity contribution in [3.8, 4) is 23.0 Å². The number of hydrogen-bond donors (Lipinski definition) is 0. The van der Waals surface area contributed by atoms with Gasteiger partial charge in [0.15, 0.2) is 0 Å². The van der Waals surface area contributed by atoms with Crippen molar-refractivity contribution < 1.29 is 23.3 Å². The zero-order valence-electron chi connectivity index (χ0n) is 14.0. The van der Waals surface area contributed by atoms with Gasteiger partial charge in [-0.25, -0.2) is 4.39 Å². The lowest BCUT2D eigenvalue weighted by atomic mass is 10.1. The second kappa shape index (κ2) is 6.52. The lowest BCUT2D eigenvalue weighted by Crippen LogP contribution is -2.07. The molecule has 1 aliphatic rings. The number of hydrogen-bond acceptors (Lipinski definition) is 7. The minimum atomic E-state index is -0.695. The lowest BCUT2D eigenvalue weighted by Gasteiger charge is -2.16. The molecule has 1 aliphatic heterocycles. The average molecular weight is 369 g/mol. The predicted octanol–water partition coefficient (Wildman–Crippen LogP) is 3.73. The van der Waals surface area contributed by atoms with Crippen LogP contribution in [0.15, 0.2) is 40.9 Å². The summed E-state index contributed by atoms with van der Waals surface area (Å²) in [7, 11) is 1.56. The average Bonchev–Trinajstić information content (AvgIpc) is 3.17. The van der Waals surface area contributed by atoms with Crippen molar-refractivity contribution in [2.24, 2.45) is 0 Å². The number of nitro benzene ring substituents is 1. The quantitative estimate of drug-likeness (QED) is 0.510. The third-order valence-corrected chi connectivity index (χ3v) is 4.03. The van der Waals surface area contributed by atoms with Crippen LogP contribution in [-0.2, 0) is 0 Å².